The van der Waals surface area contributed by atoms with Crippen LogP contribution in [-0.4, -0.2) is 7.11 Å². The maximum absolute atomic E-state index is 13.0. The molecule has 0 N–H and O–H groups in total. The van der Waals surface area contributed by atoms with Crippen LogP contribution in [0.15, 0.2) is 42.5 Å². The molecule has 0 fully saturated rings. The van der Waals surface area contributed by atoms with Crippen LogP contribution in [0.5, 0.6) is 5.75 Å². The van der Waals surface area contributed by atoms with Gasteiger partial charge in [0.1, 0.15) is 11.6 Å². The fraction of sp³-hybridized carbons (Fsp3) is 0.0667. The summed E-state index contributed by atoms with van der Waals surface area (Å²) in [5, 5.41) is 0.131. The van der Waals surface area contributed by atoms with Crippen molar-refractivity contribution in [1.29, 1.82) is 0 Å². The standard InChI is InChI=1S/C15H12ClFO/c1-18-13-7-4-11(5-8-13)2-3-12-6-9-15(17)14(16)10-12/h2-10H,1H3/b3-2+. The Morgan fingerprint density at radius 1 is 1.00 bits per heavy atom. The van der Waals surface area contributed by atoms with Gasteiger partial charge in [0, 0.05) is 0 Å². The zero-order chi connectivity index (χ0) is 13.0. The predicted octanol–water partition coefficient (Wildman–Crippen LogP) is 4.66. The van der Waals surface area contributed by atoms with Gasteiger partial charge in [-0.05, 0) is 35.4 Å². The van der Waals surface area contributed by atoms with Gasteiger partial charge in [-0.3, -0.25) is 0 Å². The SMILES string of the molecule is COc1ccc(/C=C/c2ccc(F)c(Cl)c2)cc1. The molecule has 0 aliphatic carbocycles. The summed E-state index contributed by atoms with van der Waals surface area (Å²) in [7, 11) is 1.63. The lowest BCUT2D eigenvalue weighted by Gasteiger charge is -1.99. The molecule has 0 saturated heterocycles. The molecule has 0 aliphatic rings. The third kappa shape index (κ3) is 3.11. The fourth-order valence-electron chi connectivity index (χ4n) is 1.52. The van der Waals surface area contributed by atoms with Crippen LogP contribution in [0, 0.1) is 5.82 Å². The third-order valence-electron chi connectivity index (χ3n) is 2.53. The number of methoxy groups -OCH3 is 1. The van der Waals surface area contributed by atoms with Crippen molar-refractivity contribution >= 4 is 23.8 Å². The molecule has 0 atom stereocenters. The van der Waals surface area contributed by atoms with E-state index >= 15 is 0 Å². The Balaban J connectivity index is 2.16. The second-order valence-corrected chi connectivity index (χ2v) is 4.19. The number of hydrogen-bond donors (Lipinski definition) is 0. The van der Waals surface area contributed by atoms with Crippen molar-refractivity contribution in [3.8, 4) is 5.75 Å². The van der Waals surface area contributed by atoms with Crippen LogP contribution in [0.2, 0.25) is 5.02 Å². The van der Waals surface area contributed by atoms with E-state index in [0.717, 1.165) is 16.9 Å². The van der Waals surface area contributed by atoms with Crippen LogP contribution in [0.25, 0.3) is 12.2 Å². The molecule has 3 heteroatoms. The van der Waals surface area contributed by atoms with E-state index in [1.165, 1.54) is 6.07 Å². The van der Waals surface area contributed by atoms with Gasteiger partial charge < -0.3 is 4.74 Å². The van der Waals surface area contributed by atoms with Crippen molar-refractivity contribution in [2.45, 2.75) is 0 Å². The summed E-state index contributed by atoms with van der Waals surface area (Å²) in [4.78, 5) is 0. The summed E-state index contributed by atoms with van der Waals surface area (Å²) in [5.74, 6) is 0.412. The van der Waals surface area contributed by atoms with Gasteiger partial charge in [-0.25, -0.2) is 4.39 Å². The average molecular weight is 263 g/mol. The van der Waals surface area contributed by atoms with E-state index in [1.54, 1.807) is 19.2 Å². The molecule has 0 bridgehead atoms. The molecule has 2 aromatic rings. The van der Waals surface area contributed by atoms with Crippen molar-refractivity contribution in [3.63, 3.8) is 0 Å². The minimum Gasteiger partial charge on any atom is -0.497 e. The molecule has 0 unspecified atom stereocenters. The molecule has 92 valence electrons. The number of hydrogen-bond acceptors (Lipinski definition) is 1. The van der Waals surface area contributed by atoms with Gasteiger partial charge in [0.15, 0.2) is 0 Å². The topological polar surface area (TPSA) is 9.23 Å². The number of ether oxygens (including phenoxy) is 1. The Labute approximate surface area is 110 Å². The zero-order valence-corrected chi connectivity index (χ0v) is 10.6. The fourth-order valence-corrected chi connectivity index (χ4v) is 1.71. The molecule has 0 heterocycles. The molecule has 0 aromatic heterocycles. The second-order valence-electron chi connectivity index (χ2n) is 3.78. The van der Waals surface area contributed by atoms with Gasteiger partial charge in [-0.15, -0.1) is 0 Å². The van der Waals surface area contributed by atoms with Gasteiger partial charge in [0.25, 0.3) is 0 Å². The largest absolute Gasteiger partial charge is 0.497 e. The smallest absolute Gasteiger partial charge is 0.141 e. The number of rotatable bonds is 3. The first-order chi connectivity index (χ1) is 8.69. The number of halogens is 2. The number of benzene rings is 2. The van der Waals surface area contributed by atoms with Crippen molar-refractivity contribution in [1.82, 2.24) is 0 Å². The molecule has 0 spiro atoms. The first-order valence-corrected chi connectivity index (χ1v) is 5.84. The molecule has 2 aromatic carbocycles. The van der Waals surface area contributed by atoms with Gasteiger partial charge >= 0.3 is 0 Å². The second kappa shape index (κ2) is 5.69. The summed E-state index contributed by atoms with van der Waals surface area (Å²) in [6.45, 7) is 0. The van der Waals surface area contributed by atoms with E-state index in [1.807, 2.05) is 36.4 Å². The molecule has 0 amide bonds. The monoisotopic (exact) mass is 262 g/mol. The van der Waals surface area contributed by atoms with Crippen LogP contribution in [0.3, 0.4) is 0 Å². The molecule has 0 saturated carbocycles. The lowest BCUT2D eigenvalue weighted by atomic mass is 10.1. The van der Waals surface area contributed by atoms with Gasteiger partial charge in [-0.2, -0.15) is 0 Å². The highest BCUT2D eigenvalue weighted by atomic mass is 35.5. The molecule has 0 radical (unpaired) electrons. The summed E-state index contributed by atoms with van der Waals surface area (Å²) in [5.41, 5.74) is 1.90. The Morgan fingerprint density at radius 2 is 1.61 bits per heavy atom. The molecule has 0 aliphatic heterocycles. The summed E-state index contributed by atoms with van der Waals surface area (Å²) in [6, 6.07) is 12.3. The lowest BCUT2D eigenvalue weighted by Crippen LogP contribution is -1.81. The summed E-state index contributed by atoms with van der Waals surface area (Å²) >= 11 is 5.71. The Bertz CT molecular complexity index is 561. The highest BCUT2D eigenvalue weighted by Gasteiger charge is 1.98. The van der Waals surface area contributed by atoms with Crippen molar-refractivity contribution in [2.24, 2.45) is 0 Å². The van der Waals surface area contributed by atoms with Gasteiger partial charge in [0.05, 0.1) is 12.1 Å². The lowest BCUT2D eigenvalue weighted by molar-refractivity contribution is 0.415. The minimum atomic E-state index is -0.404. The van der Waals surface area contributed by atoms with E-state index in [9.17, 15) is 4.39 Å². The van der Waals surface area contributed by atoms with Crippen LogP contribution in [0.4, 0.5) is 4.39 Å². The molecule has 1 nitrogen and oxygen atoms in total. The van der Waals surface area contributed by atoms with Crippen LogP contribution < -0.4 is 4.74 Å². The van der Waals surface area contributed by atoms with E-state index in [2.05, 4.69) is 0 Å². The zero-order valence-electron chi connectivity index (χ0n) is 9.86. The van der Waals surface area contributed by atoms with Crippen LogP contribution >= 0.6 is 11.6 Å². The van der Waals surface area contributed by atoms with E-state index in [-0.39, 0.29) is 5.02 Å². The summed E-state index contributed by atoms with van der Waals surface area (Å²) in [6.07, 6.45) is 3.82. The van der Waals surface area contributed by atoms with Gasteiger partial charge in [-0.1, -0.05) is 42.0 Å². The maximum Gasteiger partial charge on any atom is 0.141 e. The first kappa shape index (κ1) is 12.7. The third-order valence-corrected chi connectivity index (χ3v) is 2.82. The molecular formula is C15H12ClFO. The van der Waals surface area contributed by atoms with E-state index in [4.69, 9.17) is 16.3 Å². The van der Waals surface area contributed by atoms with E-state index in [0.29, 0.717) is 0 Å². The van der Waals surface area contributed by atoms with E-state index < -0.39 is 5.82 Å². The van der Waals surface area contributed by atoms with Crippen molar-refractivity contribution in [3.05, 3.63) is 64.4 Å². The minimum absolute atomic E-state index is 0.131. The van der Waals surface area contributed by atoms with Crippen molar-refractivity contribution < 1.29 is 9.13 Å². The molecule has 18 heavy (non-hydrogen) atoms. The molecular weight excluding hydrogens is 251 g/mol. The van der Waals surface area contributed by atoms with Crippen LogP contribution in [-0.2, 0) is 0 Å². The van der Waals surface area contributed by atoms with Crippen LogP contribution in [0.1, 0.15) is 11.1 Å². The highest BCUT2D eigenvalue weighted by molar-refractivity contribution is 6.30. The summed E-state index contributed by atoms with van der Waals surface area (Å²) < 4.78 is 18.1. The first-order valence-electron chi connectivity index (χ1n) is 5.46. The highest BCUT2D eigenvalue weighted by Crippen LogP contribution is 2.18. The van der Waals surface area contributed by atoms with Crippen molar-refractivity contribution in [2.75, 3.05) is 7.11 Å². The average Bonchev–Trinajstić information content (AvgIpc) is 2.41. The van der Waals surface area contributed by atoms with Gasteiger partial charge in [0.2, 0.25) is 0 Å². The quantitative estimate of drug-likeness (QED) is 0.731. The predicted molar refractivity (Wildman–Crippen MR) is 73.3 cm³/mol. The molecule has 2 rings (SSSR count). The maximum atomic E-state index is 13.0. The normalized spacial score (nSPS) is 10.8. The Kier molecular flexibility index (Phi) is 4.00. The Hall–Kier alpha value is -1.80. The Morgan fingerprint density at radius 3 is 2.22 bits per heavy atom.